The van der Waals surface area contributed by atoms with Crippen LogP contribution in [-0.4, -0.2) is 24.0 Å². The third-order valence-electron chi connectivity index (χ3n) is 3.12. The zero-order valence-corrected chi connectivity index (χ0v) is 12.6. The van der Waals surface area contributed by atoms with Crippen molar-refractivity contribution in [3.8, 4) is 5.75 Å². The van der Waals surface area contributed by atoms with E-state index >= 15 is 0 Å². The number of nitrogens with one attached hydrogen (secondary N) is 1. The maximum Gasteiger partial charge on any atom is 0.257 e. The molecule has 22 heavy (non-hydrogen) atoms. The molecular formula is C16H15N3O2S. The molecule has 5 nitrogen and oxygen atoms in total. The summed E-state index contributed by atoms with van der Waals surface area (Å²) in [5, 5.41) is 5.74. The zero-order valence-electron chi connectivity index (χ0n) is 11.8. The summed E-state index contributed by atoms with van der Waals surface area (Å²) in [6.45, 7) is 0.938. The first-order valence-electron chi connectivity index (χ1n) is 6.83. The van der Waals surface area contributed by atoms with E-state index in [9.17, 15) is 4.79 Å². The van der Waals surface area contributed by atoms with Crippen molar-refractivity contribution in [2.45, 2.75) is 0 Å². The van der Waals surface area contributed by atoms with Crippen molar-refractivity contribution < 1.29 is 9.53 Å². The Balaban J connectivity index is 1.75. The lowest BCUT2D eigenvalue weighted by Gasteiger charge is -2.08. The minimum Gasteiger partial charge on any atom is -0.492 e. The number of nitrogens with zero attached hydrogens (tertiary/aromatic N) is 1. The van der Waals surface area contributed by atoms with E-state index < -0.39 is 0 Å². The van der Waals surface area contributed by atoms with Crippen molar-refractivity contribution in [2.75, 3.05) is 18.5 Å². The summed E-state index contributed by atoms with van der Waals surface area (Å²) in [5.74, 6) is 0.553. The Morgan fingerprint density at radius 1 is 1.23 bits per heavy atom. The van der Waals surface area contributed by atoms with Crippen LogP contribution < -0.4 is 15.8 Å². The van der Waals surface area contributed by atoms with Crippen LogP contribution in [0.3, 0.4) is 0 Å². The molecule has 0 fully saturated rings. The van der Waals surface area contributed by atoms with Crippen LogP contribution in [0.2, 0.25) is 0 Å². The van der Waals surface area contributed by atoms with Crippen molar-refractivity contribution in [1.29, 1.82) is 0 Å². The molecule has 0 bridgehead atoms. The first-order valence-corrected chi connectivity index (χ1v) is 7.71. The number of anilines is 1. The van der Waals surface area contributed by atoms with Crippen LogP contribution in [0.25, 0.3) is 10.1 Å². The van der Waals surface area contributed by atoms with Gasteiger partial charge in [0, 0.05) is 30.0 Å². The number of pyridine rings is 1. The molecule has 0 aliphatic rings. The van der Waals surface area contributed by atoms with E-state index in [-0.39, 0.29) is 5.91 Å². The molecule has 0 saturated heterocycles. The number of aromatic nitrogens is 1. The number of ether oxygens (including phenoxy) is 1. The van der Waals surface area contributed by atoms with Gasteiger partial charge in [-0.1, -0.05) is 0 Å². The van der Waals surface area contributed by atoms with Gasteiger partial charge in [-0.15, -0.1) is 11.3 Å². The molecule has 6 heteroatoms. The number of thiophene rings is 1. The summed E-state index contributed by atoms with van der Waals surface area (Å²) in [5.41, 5.74) is 6.66. The van der Waals surface area contributed by atoms with Gasteiger partial charge in [-0.3, -0.25) is 9.78 Å². The monoisotopic (exact) mass is 313 g/mol. The Kier molecular flexibility index (Phi) is 4.32. The normalized spacial score (nSPS) is 10.6. The smallest absolute Gasteiger partial charge is 0.257 e. The molecular weight excluding hydrogens is 298 g/mol. The lowest BCUT2D eigenvalue weighted by Crippen LogP contribution is -2.13. The predicted molar refractivity (Wildman–Crippen MR) is 88.6 cm³/mol. The Morgan fingerprint density at radius 2 is 2.05 bits per heavy atom. The van der Waals surface area contributed by atoms with Gasteiger partial charge in [0.2, 0.25) is 0 Å². The van der Waals surface area contributed by atoms with Crippen molar-refractivity contribution >= 4 is 33.0 Å². The van der Waals surface area contributed by atoms with Crippen LogP contribution >= 0.6 is 11.3 Å². The van der Waals surface area contributed by atoms with Crippen LogP contribution in [0.4, 0.5) is 5.69 Å². The van der Waals surface area contributed by atoms with E-state index in [2.05, 4.69) is 10.3 Å². The number of rotatable bonds is 5. The van der Waals surface area contributed by atoms with E-state index in [1.165, 1.54) is 0 Å². The molecule has 2 heterocycles. The zero-order chi connectivity index (χ0) is 15.4. The molecule has 0 saturated carbocycles. The summed E-state index contributed by atoms with van der Waals surface area (Å²) >= 11 is 1.57. The van der Waals surface area contributed by atoms with Crippen LogP contribution in [-0.2, 0) is 0 Å². The van der Waals surface area contributed by atoms with E-state index in [0.717, 1.165) is 15.8 Å². The highest BCUT2D eigenvalue weighted by Gasteiger charge is 2.11. The summed E-state index contributed by atoms with van der Waals surface area (Å²) in [6.07, 6.45) is 3.35. The van der Waals surface area contributed by atoms with Gasteiger partial charge in [-0.05, 0) is 35.7 Å². The highest BCUT2D eigenvalue weighted by atomic mass is 32.1. The average Bonchev–Trinajstić information content (AvgIpc) is 3.02. The first kappa shape index (κ1) is 14.5. The minimum atomic E-state index is -0.174. The van der Waals surface area contributed by atoms with Gasteiger partial charge in [0.05, 0.1) is 10.3 Å². The molecule has 0 unspecified atom stereocenters. The fraction of sp³-hybridized carbons (Fsp3) is 0.125. The Hall–Kier alpha value is -2.44. The molecule has 0 radical (unpaired) electrons. The molecule has 3 N–H and O–H groups in total. The number of amides is 1. The molecule has 0 atom stereocenters. The molecule has 1 amide bonds. The van der Waals surface area contributed by atoms with Crippen LogP contribution in [0.5, 0.6) is 5.75 Å². The third kappa shape index (κ3) is 3.08. The topological polar surface area (TPSA) is 77.2 Å². The Morgan fingerprint density at radius 3 is 2.82 bits per heavy atom. The fourth-order valence-corrected chi connectivity index (χ4v) is 2.86. The van der Waals surface area contributed by atoms with Crippen LogP contribution in [0.15, 0.2) is 48.1 Å². The lowest BCUT2D eigenvalue weighted by atomic mass is 10.2. The standard InChI is InChI=1S/C16H15N3O2S/c17-6-7-21-12-3-1-11(2-4-12)19-16(20)14-9-18-10-15-13(14)5-8-22-15/h1-5,8-10H,6-7,17H2,(H,19,20). The Labute approximate surface area is 131 Å². The van der Waals surface area contributed by atoms with Gasteiger partial charge in [0.25, 0.3) is 5.91 Å². The maximum atomic E-state index is 12.4. The van der Waals surface area contributed by atoms with Crippen LogP contribution in [0.1, 0.15) is 10.4 Å². The minimum absolute atomic E-state index is 0.174. The summed E-state index contributed by atoms with van der Waals surface area (Å²) in [4.78, 5) is 16.5. The lowest BCUT2D eigenvalue weighted by molar-refractivity contribution is 0.102. The number of benzene rings is 1. The molecule has 0 spiro atoms. The third-order valence-corrected chi connectivity index (χ3v) is 3.98. The number of hydrogen-bond donors (Lipinski definition) is 2. The number of fused-ring (bicyclic) bond motifs is 1. The highest BCUT2D eigenvalue weighted by molar-refractivity contribution is 7.17. The molecule has 3 aromatic rings. The number of carbonyl (C=O) groups is 1. The SMILES string of the molecule is NCCOc1ccc(NC(=O)c2cncc3sccc23)cc1. The van der Waals surface area contributed by atoms with E-state index in [1.54, 1.807) is 48.0 Å². The second kappa shape index (κ2) is 6.55. The average molecular weight is 313 g/mol. The molecule has 112 valence electrons. The molecule has 2 aromatic heterocycles. The largest absolute Gasteiger partial charge is 0.492 e. The number of nitrogens with two attached hydrogens (primary N) is 1. The molecule has 3 rings (SSSR count). The molecule has 0 aliphatic heterocycles. The summed E-state index contributed by atoms with van der Waals surface area (Å²) in [7, 11) is 0. The van der Waals surface area contributed by atoms with Gasteiger partial charge < -0.3 is 15.8 Å². The van der Waals surface area contributed by atoms with Gasteiger partial charge >= 0.3 is 0 Å². The molecule has 1 aromatic carbocycles. The van der Waals surface area contributed by atoms with Gasteiger partial charge in [-0.25, -0.2) is 0 Å². The fourth-order valence-electron chi connectivity index (χ4n) is 2.08. The van der Waals surface area contributed by atoms with Crippen molar-refractivity contribution in [2.24, 2.45) is 5.73 Å². The Bertz CT molecular complexity index is 783. The van der Waals surface area contributed by atoms with Gasteiger partial charge in [-0.2, -0.15) is 0 Å². The van der Waals surface area contributed by atoms with Crippen LogP contribution in [0, 0.1) is 0 Å². The van der Waals surface area contributed by atoms with E-state index in [1.807, 2.05) is 11.4 Å². The van der Waals surface area contributed by atoms with Crippen molar-refractivity contribution in [1.82, 2.24) is 4.98 Å². The number of hydrogen-bond acceptors (Lipinski definition) is 5. The van der Waals surface area contributed by atoms with Gasteiger partial charge in [0.1, 0.15) is 12.4 Å². The van der Waals surface area contributed by atoms with Gasteiger partial charge in [0.15, 0.2) is 0 Å². The molecule has 0 aliphatic carbocycles. The van der Waals surface area contributed by atoms with E-state index in [4.69, 9.17) is 10.5 Å². The summed E-state index contributed by atoms with van der Waals surface area (Å²) in [6, 6.07) is 9.12. The van der Waals surface area contributed by atoms with Crippen molar-refractivity contribution in [3.63, 3.8) is 0 Å². The summed E-state index contributed by atoms with van der Waals surface area (Å²) < 4.78 is 6.40. The van der Waals surface area contributed by atoms with Crippen molar-refractivity contribution in [3.05, 3.63) is 53.7 Å². The highest BCUT2D eigenvalue weighted by Crippen LogP contribution is 2.24. The maximum absolute atomic E-state index is 12.4. The van der Waals surface area contributed by atoms with E-state index in [0.29, 0.717) is 24.4 Å². The first-order chi connectivity index (χ1) is 10.8. The second-order valence-electron chi connectivity index (χ2n) is 4.64. The predicted octanol–water partition coefficient (Wildman–Crippen LogP) is 2.89. The quantitative estimate of drug-likeness (QED) is 0.759. The second-order valence-corrected chi connectivity index (χ2v) is 5.58. The number of carbonyl (C=O) groups excluding carboxylic acids is 1.